The second-order valence-corrected chi connectivity index (χ2v) is 4.52. The summed E-state index contributed by atoms with van der Waals surface area (Å²) in [5, 5.41) is 10.3. The van der Waals surface area contributed by atoms with Crippen molar-refractivity contribution >= 4 is 22.8 Å². The molecule has 0 fully saturated rings. The van der Waals surface area contributed by atoms with E-state index in [0.717, 1.165) is 6.07 Å². The number of hydrogen-bond donors (Lipinski definition) is 3. The maximum atomic E-state index is 13.1. The largest absolute Gasteiger partial charge is 0.369 e. The fraction of sp³-hybridized carbons (Fsp3) is 0.154. The van der Waals surface area contributed by atoms with Gasteiger partial charge in [0.2, 0.25) is 5.95 Å². The van der Waals surface area contributed by atoms with E-state index in [9.17, 15) is 8.78 Å². The van der Waals surface area contributed by atoms with Gasteiger partial charge in [-0.05, 0) is 24.1 Å². The number of anilines is 2. The molecule has 1 aromatic carbocycles. The third kappa shape index (κ3) is 2.88. The summed E-state index contributed by atoms with van der Waals surface area (Å²) >= 11 is 0. The summed E-state index contributed by atoms with van der Waals surface area (Å²) in [7, 11) is 0. The van der Waals surface area contributed by atoms with Gasteiger partial charge in [0.05, 0.1) is 11.6 Å². The number of nitrogens with two attached hydrogens (primary N) is 1. The highest BCUT2D eigenvalue weighted by atomic mass is 19.1. The van der Waals surface area contributed by atoms with Gasteiger partial charge < -0.3 is 11.1 Å². The summed E-state index contributed by atoms with van der Waals surface area (Å²) in [5.41, 5.74) is 6.69. The van der Waals surface area contributed by atoms with Gasteiger partial charge >= 0.3 is 0 Å². The Bertz CT molecular complexity index is 765. The number of nitrogens with one attached hydrogen (secondary N) is 2. The summed E-state index contributed by atoms with van der Waals surface area (Å²) in [5.74, 6) is -0.531. The van der Waals surface area contributed by atoms with Gasteiger partial charge in [0.25, 0.3) is 0 Å². The van der Waals surface area contributed by atoms with Crippen LogP contribution in [0.25, 0.3) is 11.0 Å². The summed E-state index contributed by atoms with van der Waals surface area (Å²) in [6.45, 7) is 0.444. The van der Waals surface area contributed by atoms with Crippen molar-refractivity contribution in [2.24, 2.45) is 0 Å². The van der Waals surface area contributed by atoms with Crippen molar-refractivity contribution in [3.05, 3.63) is 41.6 Å². The molecule has 0 spiro atoms. The molecule has 0 amide bonds. The van der Waals surface area contributed by atoms with E-state index in [2.05, 4.69) is 25.5 Å². The van der Waals surface area contributed by atoms with Crippen LogP contribution in [0, 0.1) is 11.6 Å². The lowest BCUT2D eigenvalue weighted by molar-refractivity contribution is 0.580. The summed E-state index contributed by atoms with van der Waals surface area (Å²) in [6, 6.07) is 3.44. The van der Waals surface area contributed by atoms with Crippen LogP contribution in [0.15, 0.2) is 24.4 Å². The molecule has 8 heteroatoms. The molecule has 0 atom stereocenters. The van der Waals surface area contributed by atoms with Crippen LogP contribution < -0.4 is 11.1 Å². The maximum absolute atomic E-state index is 13.1. The van der Waals surface area contributed by atoms with Crippen molar-refractivity contribution in [1.82, 2.24) is 20.2 Å². The zero-order valence-corrected chi connectivity index (χ0v) is 10.9. The average Bonchev–Trinajstić information content (AvgIpc) is 2.85. The van der Waals surface area contributed by atoms with Gasteiger partial charge in [-0.1, -0.05) is 0 Å². The maximum Gasteiger partial charge on any atom is 0.224 e. The van der Waals surface area contributed by atoms with Crippen molar-refractivity contribution in [1.29, 1.82) is 0 Å². The van der Waals surface area contributed by atoms with Crippen LogP contribution in [0.4, 0.5) is 20.5 Å². The molecule has 2 aromatic heterocycles. The molecule has 0 saturated heterocycles. The molecule has 21 heavy (non-hydrogen) atoms. The van der Waals surface area contributed by atoms with E-state index in [1.807, 2.05) is 0 Å². The van der Waals surface area contributed by atoms with E-state index in [1.54, 1.807) is 6.20 Å². The minimum atomic E-state index is -0.589. The molecule has 0 aliphatic rings. The number of hydrogen-bond acceptors (Lipinski definition) is 5. The Hall–Kier alpha value is -2.77. The van der Waals surface area contributed by atoms with Crippen LogP contribution in [0.3, 0.4) is 0 Å². The van der Waals surface area contributed by atoms with Crippen molar-refractivity contribution in [3.63, 3.8) is 0 Å². The van der Waals surface area contributed by atoms with Gasteiger partial charge in [0.15, 0.2) is 5.65 Å². The number of nitrogens with zero attached hydrogens (tertiary/aromatic N) is 3. The SMILES string of the molecule is Nc1nc(NCCc2cc(F)cc(F)c2)c2cn[nH]c2n1. The minimum absolute atomic E-state index is 0.117. The molecule has 2 heterocycles. The average molecular weight is 290 g/mol. The normalized spacial score (nSPS) is 11.0. The number of rotatable bonds is 4. The first-order valence-corrected chi connectivity index (χ1v) is 6.27. The second kappa shape index (κ2) is 5.31. The molecule has 0 radical (unpaired) electrons. The fourth-order valence-corrected chi connectivity index (χ4v) is 2.07. The molecule has 0 unspecified atom stereocenters. The Kier molecular flexibility index (Phi) is 3.35. The molecular formula is C13H12F2N6. The van der Waals surface area contributed by atoms with E-state index >= 15 is 0 Å². The lowest BCUT2D eigenvalue weighted by atomic mass is 10.1. The van der Waals surface area contributed by atoms with Crippen LogP contribution in [-0.2, 0) is 6.42 Å². The highest BCUT2D eigenvalue weighted by molar-refractivity contribution is 5.86. The summed E-state index contributed by atoms with van der Waals surface area (Å²) < 4.78 is 26.2. The number of aromatic nitrogens is 4. The fourth-order valence-electron chi connectivity index (χ4n) is 2.07. The predicted octanol–water partition coefficient (Wildman–Crippen LogP) is 1.87. The summed E-state index contributed by atoms with van der Waals surface area (Å²) in [4.78, 5) is 8.08. The first-order valence-electron chi connectivity index (χ1n) is 6.27. The smallest absolute Gasteiger partial charge is 0.224 e. The van der Waals surface area contributed by atoms with E-state index in [4.69, 9.17) is 5.73 Å². The number of H-pyrrole nitrogens is 1. The Morgan fingerprint density at radius 1 is 1.14 bits per heavy atom. The number of fused-ring (bicyclic) bond motifs is 1. The first-order chi connectivity index (χ1) is 10.1. The quantitative estimate of drug-likeness (QED) is 0.682. The molecule has 4 N–H and O–H groups in total. The number of aromatic amines is 1. The molecule has 0 aliphatic carbocycles. The molecule has 3 aromatic rings. The van der Waals surface area contributed by atoms with Crippen LogP contribution in [-0.4, -0.2) is 26.7 Å². The van der Waals surface area contributed by atoms with Crippen LogP contribution in [0.2, 0.25) is 0 Å². The molecule has 0 bridgehead atoms. The lowest BCUT2D eigenvalue weighted by Gasteiger charge is -2.07. The van der Waals surface area contributed by atoms with Crippen LogP contribution >= 0.6 is 0 Å². The van der Waals surface area contributed by atoms with Crippen molar-refractivity contribution in [2.45, 2.75) is 6.42 Å². The Balaban J connectivity index is 1.73. The highest BCUT2D eigenvalue weighted by Crippen LogP contribution is 2.18. The zero-order chi connectivity index (χ0) is 14.8. The standard InChI is InChI=1S/C13H12F2N6/c14-8-3-7(4-9(15)5-8)1-2-17-11-10-6-18-21-12(10)20-13(16)19-11/h3-6H,1-2H2,(H4,16,17,18,19,20,21). The van der Waals surface area contributed by atoms with Gasteiger partial charge in [0, 0.05) is 12.6 Å². The predicted molar refractivity (Wildman–Crippen MR) is 74.6 cm³/mol. The van der Waals surface area contributed by atoms with Gasteiger partial charge in [0.1, 0.15) is 17.5 Å². The van der Waals surface area contributed by atoms with Crippen molar-refractivity contribution in [2.75, 3.05) is 17.6 Å². The van der Waals surface area contributed by atoms with Crippen LogP contribution in [0.5, 0.6) is 0 Å². The number of halogens is 2. The Morgan fingerprint density at radius 3 is 2.67 bits per heavy atom. The van der Waals surface area contributed by atoms with Crippen molar-refractivity contribution in [3.8, 4) is 0 Å². The molecule has 0 saturated carbocycles. The molecule has 6 nitrogen and oxygen atoms in total. The Morgan fingerprint density at radius 2 is 1.90 bits per heavy atom. The van der Waals surface area contributed by atoms with E-state index in [0.29, 0.717) is 35.4 Å². The monoisotopic (exact) mass is 290 g/mol. The van der Waals surface area contributed by atoms with Crippen molar-refractivity contribution < 1.29 is 8.78 Å². The van der Waals surface area contributed by atoms with Gasteiger partial charge in [-0.15, -0.1) is 0 Å². The topological polar surface area (TPSA) is 92.5 Å². The second-order valence-electron chi connectivity index (χ2n) is 4.52. The van der Waals surface area contributed by atoms with Gasteiger partial charge in [-0.25, -0.2) is 8.78 Å². The van der Waals surface area contributed by atoms with E-state index in [1.165, 1.54) is 12.1 Å². The lowest BCUT2D eigenvalue weighted by Crippen LogP contribution is -2.08. The van der Waals surface area contributed by atoms with E-state index in [-0.39, 0.29) is 5.95 Å². The molecule has 0 aliphatic heterocycles. The molecular weight excluding hydrogens is 278 g/mol. The minimum Gasteiger partial charge on any atom is -0.369 e. The summed E-state index contributed by atoms with van der Waals surface area (Å²) in [6.07, 6.45) is 2.02. The molecule has 108 valence electrons. The number of benzene rings is 1. The third-order valence-electron chi connectivity index (χ3n) is 2.96. The van der Waals surface area contributed by atoms with E-state index < -0.39 is 11.6 Å². The third-order valence-corrected chi connectivity index (χ3v) is 2.96. The number of nitrogen functional groups attached to an aromatic ring is 1. The zero-order valence-electron chi connectivity index (χ0n) is 10.9. The molecule has 3 rings (SSSR count). The van der Waals surface area contributed by atoms with Gasteiger partial charge in [-0.3, -0.25) is 5.10 Å². The first kappa shape index (κ1) is 13.2. The highest BCUT2D eigenvalue weighted by Gasteiger charge is 2.07. The Labute approximate surface area is 118 Å². The van der Waals surface area contributed by atoms with Gasteiger partial charge in [-0.2, -0.15) is 15.1 Å². The van der Waals surface area contributed by atoms with Crippen LogP contribution in [0.1, 0.15) is 5.56 Å².